The highest BCUT2D eigenvalue weighted by molar-refractivity contribution is 6.05. The molecular formula is C31H22F3N3O7. The molecule has 224 valence electrons. The summed E-state index contributed by atoms with van der Waals surface area (Å²) < 4.78 is 60.3. The first-order valence-corrected chi connectivity index (χ1v) is 12.8. The van der Waals surface area contributed by atoms with E-state index in [2.05, 4.69) is 15.8 Å². The van der Waals surface area contributed by atoms with E-state index < -0.39 is 29.5 Å². The molecule has 44 heavy (non-hydrogen) atoms. The number of anilines is 1. The lowest BCUT2D eigenvalue weighted by atomic mass is 10.1. The van der Waals surface area contributed by atoms with Crippen molar-refractivity contribution < 1.29 is 46.5 Å². The predicted octanol–water partition coefficient (Wildman–Crippen LogP) is 5.68. The number of nitrogens with zero attached hydrogens (tertiary/aromatic N) is 1. The Morgan fingerprint density at radius 2 is 1.57 bits per heavy atom. The predicted molar refractivity (Wildman–Crippen MR) is 151 cm³/mol. The van der Waals surface area contributed by atoms with E-state index in [0.717, 1.165) is 18.2 Å². The summed E-state index contributed by atoms with van der Waals surface area (Å²) in [6.07, 6.45) is -3.26. The minimum atomic E-state index is -4.59. The number of methoxy groups -OCH3 is 1. The Balaban J connectivity index is 1.20. The second kappa shape index (κ2) is 12.6. The van der Waals surface area contributed by atoms with Crippen LogP contribution in [0.5, 0.6) is 23.0 Å². The van der Waals surface area contributed by atoms with Gasteiger partial charge in [-0.15, -0.1) is 0 Å². The van der Waals surface area contributed by atoms with Crippen LogP contribution >= 0.6 is 0 Å². The van der Waals surface area contributed by atoms with Crippen molar-refractivity contribution in [3.8, 4) is 23.0 Å². The van der Waals surface area contributed by atoms with Crippen molar-refractivity contribution in [1.29, 1.82) is 0 Å². The highest BCUT2D eigenvalue weighted by atomic mass is 19.4. The molecule has 0 radical (unpaired) electrons. The third kappa shape index (κ3) is 6.95. The van der Waals surface area contributed by atoms with Crippen LogP contribution in [0.15, 0.2) is 90.0 Å². The van der Waals surface area contributed by atoms with Gasteiger partial charge in [0.25, 0.3) is 11.8 Å². The Morgan fingerprint density at radius 3 is 2.34 bits per heavy atom. The molecule has 2 N–H and O–H groups in total. The number of carbonyl (C=O) groups is 3. The van der Waals surface area contributed by atoms with Crippen LogP contribution in [0.1, 0.15) is 42.2 Å². The Bertz CT molecular complexity index is 1770. The first-order chi connectivity index (χ1) is 21.1. The molecule has 1 aliphatic heterocycles. The Labute approximate surface area is 248 Å². The standard InChI is InChI=1S/C31H22F3N3O7/c1-41-26-12-18(8-10-25(26)44-30(40)21-9-11-24-27(15-21)43-17-42-24)16-35-37-29(39)20-5-3-7-23(14-20)36-28(38)19-4-2-6-22(13-19)31(32,33)34/h2-16H,17H2,1H3,(H,36,38)(H,37,39). The van der Waals surface area contributed by atoms with Crippen LogP contribution < -0.4 is 29.7 Å². The Kier molecular flexibility index (Phi) is 8.47. The number of hydrogen-bond acceptors (Lipinski definition) is 8. The van der Waals surface area contributed by atoms with Crippen molar-refractivity contribution >= 4 is 29.7 Å². The van der Waals surface area contributed by atoms with Gasteiger partial charge in [0.2, 0.25) is 6.79 Å². The van der Waals surface area contributed by atoms with Crippen molar-refractivity contribution in [2.45, 2.75) is 6.18 Å². The van der Waals surface area contributed by atoms with Crippen molar-refractivity contribution in [1.82, 2.24) is 5.43 Å². The maximum absolute atomic E-state index is 13.0. The van der Waals surface area contributed by atoms with Gasteiger partial charge in [0.1, 0.15) is 0 Å². The van der Waals surface area contributed by atoms with Gasteiger partial charge in [0, 0.05) is 16.8 Å². The molecule has 0 saturated carbocycles. The maximum atomic E-state index is 13.0. The van der Waals surface area contributed by atoms with Crippen LogP contribution in [0.4, 0.5) is 18.9 Å². The minimum Gasteiger partial charge on any atom is -0.493 e. The molecule has 0 atom stereocenters. The van der Waals surface area contributed by atoms with E-state index in [0.29, 0.717) is 17.1 Å². The quantitative estimate of drug-likeness (QED) is 0.115. The Hall–Kier alpha value is -5.85. The van der Waals surface area contributed by atoms with Gasteiger partial charge in [-0.2, -0.15) is 18.3 Å². The molecule has 0 aromatic heterocycles. The first kappa shape index (κ1) is 29.6. The molecule has 0 bridgehead atoms. The second-order valence-electron chi connectivity index (χ2n) is 9.18. The van der Waals surface area contributed by atoms with Gasteiger partial charge >= 0.3 is 12.1 Å². The number of fused-ring (bicyclic) bond motifs is 1. The van der Waals surface area contributed by atoms with Crippen LogP contribution in [0.2, 0.25) is 0 Å². The number of halogens is 3. The number of hydrogen-bond donors (Lipinski definition) is 2. The highest BCUT2D eigenvalue weighted by Crippen LogP contribution is 2.34. The summed E-state index contributed by atoms with van der Waals surface area (Å²) in [5.74, 6) is -0.666. The number of alkyl halides is 3. The molecular weight excluding hydrogens is 583 g/mol. The summed E-state index contributed by atoms with van der Waals surface area (Å²) in [6, 6.07) is 19.1. The summed E-state index contributed by atoms with van der Waals surface area (Å²) in [7, 11) is 1.40. The molecule has 4 aromatic rings. The highest BCUT2D eigenvalue weighted by Gasteiger charge is 2.31. The zero-order valence-electron chi connectivity index (χ0n) is 22.8. The molecule has 0 aliphatic carbocycles. The molecule has 0 unspecified atom stereocenters. The number of rotatable bonds is 8. The summed E-state index contributed by atoms with van der Waals surface area (Å²) in [4.78, 5) is 37.8. The van der Waals surface area contributed by atoms with Crippen molar-refractivity contribution in [2.24, 2.45) is 5.10 Å². The topological polar surface area (TPSA) is 125 Å². The number of amides is 2. The van der Waals surface area contributed by atoms with Gasteiger partial charge in [0.05, 0.1) is 24.5 Å². The van der Waals surface area contributed by atoms with Gasteiger partial charge in [-0.25, -0.2) is 10.2 Å². The maximum Gasteiger partial charge on any atom is 0.416 e. The summed E-state index contributed by atoms with van der Waals surface area (Å²) >= 11 is 0. The van der Waals surface area contributed by atoms with E-state index in [1.807, 2.05) is 0 Å². The zero-order valence-corrected chi connectivity index (χ0v) is 22.8. The van der Waals surface area contributed by atoms with E-state index in [9.17, 15) is 27.6 Å². The SMILES string of the molecule is COc1cc(C=NNC(=O)c2cccc(NC(=O)c3cccc(C(F)(F)F)c3)c2)ccc1OC(=O)c1ccc2c(c1)OCO2. The fraction of sp³-hybridized carbons (Fsp3) is 0.0968. The van der Waals surface area contributed by atoms with E-state index in [4.69, 9.17) is 18.9 Å². The van der Waals surface area contributed by atoms with E-state index >= 15 is 0 Å². The molecule has 5 rings (SSSR count). The lowest BCUT2D eigenvalue weighted by molar-refractivity contribution is -0.137. The number of carbonyl (C=O) groups excluding carboxylic acids is 3. The van der Waals surface area contributed by atoms with Crippen LogP contribution in [0.3, 0.4) is 0 Å². The molecule has 10 nitrogen and oxygen atoms in total. The molecule has 2 amide bonds. The monoisotopic (exact) mass is 605 g/mol. The summed E-state index contributed by atoms with van der Waals surface area (Å²) in [5.41, 5.74) is 2.30. The average Bonchev–Trinajstić information content (AvgIpc) is 3.49. The van der Waals surface area contributed by atoms with Crippen LogP contribution in [-0.2, 0) is 6.18 Å². The lowest BCUT2D eigenvalue weighted by Gasteiger charge is -2.10. The van der Waals surface area contributed by atoms with Gasteiger partial charge in [0.15, 0.2) is 23.0 Å². The smallest absolute Gasteiger partial charge is 0.416 e. The third-order valence-corrected chi connectivity index (χ3v) is 6.21. The summed E-state index contributed by atoms with van der Waals surface area (Å²) in [6.45, 7) is 0.0715. The molecule has 0 spiro atoms. The fourth-order valence-electron chi connectivity index (χ4n) is 4.04. The van der Waals surface area contributed by atoms with Gasteiger partial charge in [-0.3, -0.25) is 9.59 Å². The molecule has 13 heteroatoms. The number of benzene rings is 4. The molecule has 1 heterocycles. The van der Waals surface area contributed by atoms with Crippen molar-refractivity contribution in [3.05, 3.63) is 113 Å². The number of esters is 1. The van der Waals surface area contributed by atoms with E-state index in [1.54, 1.807) is 24.3 Å². The molecule has 0 saturated heterocycles. The van der Waals surface area contributed by atoms with Gasteiger partial charge < -0.3 is 24.3 Å². The van der Waals surface area contributed by atoms with Crippen molar-refractivity contribution in [3.63, 3.8) is 0 Å². The zero-order chi connectivity index (χ0) is 31.3. The van der Waals surface area contributed by atoms with Crippen molar-refractivity contribution in [2.75, 3.05) is 19.2 Å². The number of ether oxygens (including phenoxy) is 4. The molecule has 0 fully saturated rings. The normalized spacial score (nSPS) is 12.1. The number of nitrogens with one attached hydrogen (secondary N) is 2. The average molecular weight is 606 g/mol. The summed E-state index contributed by atoms with van der Waals surface area (Å²) in [5, 5.41) is 6.41. The first-order valence-electron chi connectivity index (χ1n) is 12.8. The molecule has 1 aliphatic rings. The van der Waals surface area contributed by atoms with E-state index in [-0.39, 0.29) is 40.7 Å². The Morgan fingerprint density at radius 1 is 0.818 bits per heavy atom. The van der Waals surface area contributed by atoms with Crippen LogP contribution in [0.25, 0.3) is 0 Å². The molecule has 4 aromatic carbocycles. The lowest BCUT2D eigenvalue weighted by Crippen LogP contribution is -2.18. The van der Waals surface area contributed by atoms with Gasteiger partial charge in [-0.05, 0) is 78.4 Å². The largest absolute Gasteiger partial charge is 0.493 e. The van der Waals surface area contributed by atoms with Gasteiger partial charge in [-0.1, -0.05) is 12.1 Å². The number of hydrazone groups is 1. The fourth-order valence-corrected chi connectivity index (χ4v) is 4.04. The third-order valence-electron chi connectivity index (χ3n) is 6.21. The second-order valence-corrected chi connectivity index (χ2v) is 9.18. The van der Waals surface area contributed by atoms with Crippen LogP contribution in [0, 0.1) is 0 Å². The van der Waals surface area contributed by atoms with Crippen LogP contribution in [-0.4, -0.2) is 37.9 Å². The van der Waals surface area contributed by atoms with E-state index in [1.165, 1.54) is 55.8 Å². The minimum absolute atomic E-state index is 0.0715.